The lowest BCUT2D eigenvalue weighted by molar-refractivity contribution is 0.0461. The van der Waals surface area contributed by atoms with Crippen molar-refractivity contribution in [2.24, 2.45) is 5.73 Å². The Balaban J connectivity index is 1.92. The van der Waals surface area contributed by atoms with Crippen molar-refractivity contribution >= 4 is 29.2 Å². The van der Waals surface area contributed by atoms with E-state index in [2.05, 4.69) is 0 Å². The van der Waals surface area contributed by atoms with Crippen LogP contribution in [0.2, 0.25) is 10.0 Å². The van der Waals surface area contributed by atoms with Gasteiger partial charge in [-0.1, -0.05) is 59.6 Å². The summed E-state index contributed by atoms with van der Waals surface area (Å²) in [4.78, 5) is 12.9. The summed E-state index contributed by atoms with van der Waals surface area (Å²) >= 11 is 12.4. The molecule has 3 aromatic rings. The molecule has 0 spiro atoms. The summed E-state index contributed by atoms with van der Waals surface area (Å²) in [6, 6.07) is 16.7. The van der Waals surface area contributed by atoms with E-state index in [1.54, 1.807) is 18.2 Å². The fraction of sp³-hybridized carbons (Fsp3) is 0.190. The van der Waals surface area contributed by atoms with Gasteiger partial charge in [0, 0.05) is 33.9 Å². The molecule has 0 aliphatic rings. The minimum absolute atomic E-state index is 0.204. The zero-order valence-corrected chi connectivity index (χ0v) is 16.2. The zero-order chi connectivity index (χ0) is 19.2. The molecule has 0 unspecified atom stereocenters. The maximum absolute atomic E-state index is 12.9. The zero-order valence-electron chi connectivity index (χ0n) is 14.7. The summed E-state index contributed by atoms with van der Waals surface area (Å²) in [5.41, 5.74) is 8.47. The number of carbonyl (C=O) groups is 1. The number of nitrogens with zero attached hydrogens (tertiary/aromatic N) is 1. The lowest BCUT2D eigenvalue weighted by Crippen LogP contribution is -2.15. The molecule has 2 N–H and O–H groups in total. The van der Waals surface area contributed by atoms with E-state index in [4.69, 9.17) is 33.7 Å². The van der Waals surface area contributed by atoms with E-state index in [9.17, 15) is 4.79 Å². The van der Waals surface area contributed by atoms with E-state index in [-0.39, 0.29) is 6.61 Å². The molecule has 6 heteroatoms. The van der Waals surface area contributed by atoms with Crippen molar-refractivity contribution in [3.8, 4) is 11.1 Å². The summed E-state index contributed by atoms with van der Waals surface area (Å²) in [5.74, 6) is -0.401. The van der Waals surface area contributed by atoms with E-state index in [0.29, 0.717) is 34.4 Å². The van der Waals surface area contributed by atoms with Gasteiger partial charge in [0.15, 0.2) is 0 Å². The number of aromatic nitrogens is 1. The second-order valence-corrected chi connectivity index (χ2v) is 6.94. The number of aryl methyl sites for hydroxylation is 1. The number of nitrogens with two attached hydrogens (primary N) is 1. The van der Waals surface area contributed by atoms with Crippen molar-refractivity contribution in [3.05, 3.63) is 82.1 Å². The van der Waals surface area contributed by atoms with Gasteiger partial charge in [0.1, 0.15) is 12.3 Å². The average Bonchev–Trinajstić information content (AvgIpc) is 3.09. The Hall–Kier alpha value is -2.27. The molecule has 3 rings (SSSR count). The molecule has 140 valence electrons. The quantitative estimate of drug-likeness (QED) is 0.554. The Morgan fingerprint density at radius 3 is 2.52 bits per heavy atom. The molecule has 2 aromatic carbocycles. The van der Waals surface area contributed by atoms with Gasteiger partial charge in [-0.15, -0.1) is 0 Å². The lowest BCUT2D eigenvalue weighted by Gasteiger charge is -2.12. The highest BCUT2D eigenvalue weighted by atomic mass is 35.5. The van der Waals surface area contributed by atoms with Crippen LogP contribution >= 0.6 is 23.2 Å². The van der Waals surface area contributed by atoms with Crippen LogP contribution in [0.4, 0.5) is 0 Å². The molecule has 1 aromatic heterocycles. The highest BCUT2D eigenvalue weighted by Gasteiger charge is 2.21. The van der Waals surface area contributed by atoms with Crippen LogP contribution in [0.1, 0.15) is 22.5 Å². The van der Waals surface area contributed by atoms with Gasteiger partial charge in [0.2, 0.25) is 0 Å². The maximum Gasteiger partial charge on any atom is 0.355 e. The van der Waals surface area contributed by atoms with Crippen LogP contribution in [0.3, 0.4) is 0 Å². The van der Waals surface area contributed by atoms with Crippen molar-refractivity contribution < 1.29 is 9.53 Å². The summed E-state index contributed by atoms with van der Waals surface area (Å²) < 4.78 is 7.42. The molecular weight excluding hydrogens is 383 g/mol. The molecule has 0 fully saturated rings. The normalized spacial score (nSPS) is 10.8. The van der Waals surface area contributed by atoms with Crippen LogP contribution < -0.4 is 5.73 Å². The van der Waals surface area contributed by atoms with Gasteiger partial charge in [0.25, 0.3) is 0 Å². The summed E-state index contributed by atoms with van der Waals surface area (Å²) in [6.45, 7) is 1.36. The number of rotatable bonds is 7. The first-order valence-electron chi connectivity index (χ1n) is 8.66. The Morgan fingerprint density at radius 1 is 1.04 bits per heavy atom. The fourth-order valence-electron chi connectivity index (χ4n) is 2.86. The molecule has 0 saturated heterocycles. The SMILES string of the molecule is NCCCn1ccc(-c2ccc(Cl)cc2Cl)c1C(=O)OCc1ccccc1. The highest BCUT2D eigenvalue weighted by Crippen LogP contribution is 2.33. The molecule has 27 heavy (non-hydrogen) atoms. The van der Waals surface area contributed by atoms with Gasteiger partial charge in [0.05, 0.1) is 0 Å². The monoisotopic (exact) mass is 402 g/mol. The van der Waals surface area contributed by atoms with Crippen molar-refractivity contribution in [1.82, 2.24) is 4.57 Å². The lowest BCUT2D eigenvalue weighted by atomic mass is 10.1. The first-order chi connectivity index (χ1) is 13.1. The molecule has 0 saturated carbocycles. The number of hydrogen-bond acceptors (Lipinski definition) is 3. The van der Waals surface area contributed by atoms with E-state index in [1.807, 2.05) is 47.2 Å². The second-order valence-electron chi connectivity index (χ2n) is 6.10. The second kappa shape index (κ2) is 9.09. The Labute approximate surface area is 168 Å². The first kappa shape index (κ1) is 19.5. The van der Waals surface area contributed by atoms with Gasteiger partial charge in [-0.25, -0.2) is 4.79 Å². The van der Waals surface area contributed by atoms with Crippen LogP contribution in [0, 0.1) is 0 Å². The molecule has 0 bridgehead atoms. The third-order valence-electron chi connectivity index (χ3n) is 4.19. The third-order valence-corrected chi connectivity index (χ3v) is 4.74. The Morgan fingerprint density at radius 2 is 1.81 bits per heavy atom. The van der Waals surface area contributed by atoms with Crippen LogP contribution in [-0.2, 0) is 17.9 Å². The van der Waals surface area contributed by atoms with Crippen molar-refractivity contribution in [2.45, 2.75) is 19.6 Å². The van der Waals surface area contributed by atoms with Gasteiger partial charge in [-0.2, -0.15) is 0 Å². The van der Waals surface area contributed by atoms with Crippen molar-refractivity contribution in [2.75, 3.05) is 6.54 Å². The standard InChI is InChI=1S/C21H20Cl2N2O2/c22-16-7-8-17(19(23)13-16)18-9-12-25(11-4-10-24)20(18)21(26)27-14-15-5-2-1-3-6-15/h1-3,5-9,12-13H,4,10-11,14,24H2. The van der Waals surface area contributed by atoms with Crippen LogP contribution in [0.5, 0.6) is 0 Å². The number of esters is 1. The smallest absolute Gasteiger partial charge is 0.355 e. The van der Waals surface area contributed by atoms with Crippen LogP contribution in [0.25, 0.3) is 11.1 Å². The molecular formula is C21H20Cl2N2O2. The minimum atomic E-state index is -0.401. The van der Waals surface area contributed by atoms with Crippen molar-refractivity contribution in [1.29, 1.82) is 0 Å². The van der Waals surface area contributed by atoms with Gasteiger partial charge in [-0.05, 0) is 36.7 Å². The van der Waals surface area contributed by atoms with Gasteiger partial charge < -0.3 is 15.0 Å². The number of ether oxygens (including phenoxy) is 1. The topological polar surface area (TPSA) is 57.2 Å². The van der Waals surface area contributed by atoms with E-state index in [0.717, 1.165) is 17.5 Å². The molecule has 0 atom stereocenters. The van der Waals surface area contributed by atoms with E-state index >= 15 is 0 Å². The molecule has 0 aliphatic heterocycles. The van der Waals surface area contributed by atoms with E-state index < -0.39 is 5.97 Å². The Bertz CT molecular complexity index is 923. The third kappa shape index (κ3) is 4.72. The molecule has 4 nitrogen and oxygen atoms in total. The molecule has 1 heterocycles. The van der Waals surface area contributed by atoms with Gasteiger partial charge >= 0.3 is 5.97 Å². The molecule has 0 amide bonds. The average molecular weight is 403 g/mol. The van der Waals surface area contributed by atoms with Crippen molar-refractivity contribution in [3.63, 3.8) is 0 Å². The van der Waals surface area contributed by atoms with Gasteiger partial charge in [-0.3, -0.25) is 0 Å². The maximum atomic E-state index is 12.9. The number of carbonyl (C=O) groups excluding carboxylic acids is 1. The highest BCUT2D eigenvalue weighted by molar-refractivity contribution is 6.36. The summed E-state index contributed by atoms with van der Waals surface area (Å²) in [6.07, 6.45) is 2.61. The molecule has 0 aliphatic carbocycles. The van der Waals surface area contributed by atoms with E-state index in [1.165, 1.54) is 0 Å². The number of hydrogen-bond donors (Lipinski definition) is 1. The largest absolute Gasteiger partial charge is 0.456 e. The predicted molar refractivity (Wildman–Crippen MR) is 109 cm³/mol. The first-order valence-corrected chi connectivity index (χ1v) is 9.41. The number of benzene rings is 2. The minimum Gasteiger partial charge on any atom is -0.456 e. The number of halogens is 2. The Kier molecular flexibility index (Phi) is 6.56. The molecule has 0 radical (unpaired) electrons. The predicted octanol–water partition coefficient (Wildman–Crippen LogP) is 5.17. The fourth-order valence-corrected chi connectivity index (χ4v) is 3.37. The van der Waals surface area contributed by atoms with Crippen LogP contribution in [-0.4, -0.2) is 17.1 Å². The van der Waals surface area contributed by atoms with Crippen LogP contribution in [0.15, 0.2) is 60.8 Å². The summed E-state index contributed by atoms with van der Waals surface area (Å²) in [5, 5.41) is 1.02. The summed E-state index contributed by atoms with van der Waals surface area (Å²) in [7, 11) is 0.